The number of phenols is 1. The number of hydrogen-bond acceptors (Lipinski definition) is 6. The van der Waals surface area contributed by atoms with Crippen LogP contribution in [-0.2, 0) is 0 Å². The van der Waals surface area contributed by atoms with Gasteiger partial charge in [0, 0.05) is 16.6 Å². The lowest BCUT2D eigenvalue weighted by atomic mass is 10.1. The maximum atomic E-state index is 12.3. The van der Waals surface area contributed by atoms with Gasteiger partial charge in [-0.15, -0.1) is 0 Å². The van der Waals surface area contributed by atoms with Crippen molar-refractivity contribution >= 4 is 56.5 Å². The number of halogens is 1. The van der Waals surface area contributed by atoms with E-state index in [1.54, 1.807) is 18.2 Å². The van der Waals surface area contributed by atoms with Crippen LogP contribution in [0.4, 0.5) is 4.79 Å². The molecule has 1 fully saturated rings. The van der Waals surface area contributed by atoms with E-state index in [9.17, 15) is 15.1 Å². The van der Waals surface area contributed by atoms with Crippen molar-refractivity contribution in [2.75, 3.05) is 6.54 Å². The number of amides is 2. The number of hydrogen-bond donors (Lipinski definition) is 3. The summed E-state index contributed by atoms with van der Waals surface area (Å²) >= 11 is 10.1. The van der Waals surface area contributed by atoms with Crippen LogP contribution in [0.15, 0.2) is 27.8 Å². The Kier molecular flexibility index (Phi) is 7.49. The van der Waals surface area contributed by atoms with E-state index in [-0.39, 0.29) is 5.75 Å². The number of unbranched alkanes of at least 4 members (excludes halogenated alkanes) is 1. The number of benzene rings is 1. The normalized spacial score (nSPS) is 18.9. The van der Waals surface area contributed by atoms with Gasteiger partial charge in [-0.25, -0.2) is 9.80 Å². The molecule has 1 aromatic carbocycles. The quantitative estimate of drug-likeness (QED) is 0.189. The van der Waals surface area contributed by atoms with Crippen LogP contribution >= 0.6 is 39.9 Å². The molecule has 0 bridgehead atoms. The first-order valence-electron chi connectivity index (χ1n) is 8.48. The van der Waals surface area contributed by atoms with E-state index in [4.69, 9.17) is 12.2 Å². The SMILES string of the molecule is CCCCNC(=O)N(O)[C@@H]1N(/N=C\c2cc(Br)ccc2O)C(=S)SC1(C)C. The van der Waals surface area contributed by atoms with Gasteiger partial charge in [0.2, 0.25) is 0 Å². The van der Waals surface area contributed by atoms with Gasteiger partial charge >= 0.3 is 6.03 Å². The number of carbonyl (C=O) groups is 1. The Morgan fingerprint density at radius 1 is 1.56 bits per heavy atom. The highest BCUT2D eigenvalue weighted by Gasteiger charge is 2.49. The van der Waals surface area contributed by atoms with E-state index in [1.807, 2.05) is 20.8 Å². The highest BCUT2D eigenvalue weighted by atomic mass is 79.9. The molecule has 1 atom stereocenters. The molecule has 0 aliphatic carbocycles. The minimum Gasteiger partial charge on any atom is -0.507 e. The number of hydrazone groups is 1. The Bertz CT molecular complexity index is 745. The van der Waals surface area contributed by atoms with Crippen molar-refractivity contribution in [3.8, 4) is 5.75 Å². The van der Waals surface area contributed by atoms with E-state index in [0.717, 1.165) is 17.3 Å². The van der Waals surface area contributed by atoms with Crippen LogP contribution in [0.3, 0.4) is 0 Å². The summed E-state index contributed by atoms with van der Waals surface area (Å²) in [6.07, 6.45) is 2.42. The van der Waals surface area contributed by atoms with Crippen molar-refractivity contribution < 1.29 is 15.1 Å². The van der Waals surface area contributed by atoms with Gasteiger partial charge in [-0.3, -0.25) is 5.21 Å². The molecule has 0 radical (unpaired) electrons. The summed E-state index contributed by atoms with van der Waals surface area (Å²) < 4.78 is 0.636. The fourth-order valence-corrected chi connectivity index (χ4v) is 4.71. The number of thioether (sulfide) groups is 1. The van der Waals surface area contributed by atoms with Gasteiger partial charge in [-0.05, 0) is 38.5 Å². The van der Waals surface area contributed by atoms with Crippen molar-refractivity contribution in [2.45, 2.75) is 44.5 Å². The highest BCUT2D eigenvalue weighted by molar-refractivity contribution is 9.10. The first-order valence-corrected chi connectivity index (χ1v) is 10.5. The van der Waals surface area contributed by atoms with E-state index >= 15 is 0 Å². The lowest BCUT2D eigenvalue weighted by Gasteiger charge is -2.34. The molecule has 3 N–H and O–H groups in total. The predicted molar refractivity (Wildman–Crippen MR) is 115 cm³/mol. The predicted octanol–water partition coefficient (Wildman–Crippen LogP) is 4.13. The number of carbonyl (C=O) groups excluding carboxylic acids is 1. The Hall–Kier alpha value is -1.36. The molecule has 1 heterocycles. The van der Waals surface area contributed by atoms with Gasteiger partial charge in [-0.1, -0.05) is 53.3 Å². The summed E-state index contributed by atoms with van der Waals surface area (Å²) in [4.78, 5) is 12.3. The Morgan fingerprint density at radius 2 is 2.26 bits per heavy atom. The molecule has 1 aliphatic rings. The number of nitrogens with zero attached hydrogens (tertiary/aromatic N) is 3. The van der Waals surface area contributed by atoms with E-state index < -0.39 is 16.9 Å². The number of hydroxylamine groups is 2. The van der Waals surface area contributed by atoms with Crippen molar-refractivity contribution in [1.82, 2.24) is 15.4 Å². The second-order valence-electron chi connectivity index (χ2n) is 6.57. The molecular weight excluding hydrogens is 452 g/mol. The van der Waals surface area contributed by atoms with Gasteiger partial charge < -0.3 is 10.4 Å². The van der Waals surface area contributed by atoms with Gasteiger partial charge in [-0.2, -0.15) is 10.2 Å². The summed E-state index contributed by atoms with van der Waals surface area (Å²) in [7, 11) is 0. The van der Waals surface area contributed by atoms with Crippen LogP contribution < -0.4 is 5.32 Å². The molecule has 1 aliphatic heterocycles. The molecule has 0 aromatic heterocycles. The smallest absolute Gasteiger partial charge is 0.343 e. The Morgan fingerprint density at radius 3 is 2.93 bits per heavy atom. The van der Waals surface area contributed by atoms with Crippen LogP contribution in [0, 0.1) is 0 Å². The van der Waals surface area contributed by atoms with Crippen molar-refractivity contribution in [3.05, 3.63) is 28.2 Å². The molecule has 7 nitrogen and oxygen atoms in total. The molecule has 1 saturated heterocycles. The third-order valence-electron chi connectivity index (χ3n) is 3.95. The number of thiocarbonyl (C=S) groups is 1. The summed E-state index contributed by atoms with van der Waals surface area (Å²) in [5.41, 5.74) is 0.484. The fourth-order valence-electron chi connectivity index (χ4n) is 2.54. The van der Waals surface area contributed by atoms with E-state index in [1.165, 1.54) is 23.0 Å². The van der Waals surface area contributed by atoms with E-state index in [0.29, 0.717) is 21.5 Å². The number of rotatable bonds is 6. The monoisotopic (exact) mass is 474 g/mol. The molecule has 0 spiro atoms. The van der Waals surface area contributed by atoms with Gasteiger partial charge in [0.15, 0.2) is 10.5 Å². The summed E-state index contributed by atoms with van der Waals surface area (Å²) in [6, 6.07) is 4.37. The van der Waals surface area contributed by atoms with Crippen LogP contribution in [0.1, 0.15) is 39.2 Å². The molecule has 0 saturated carbocycles. The Labute approximate surface area is 176 Å². The molecule has 2 amide bonds. The van der Waals surface area contributed by atoms with Crippen molar-refractivity contribution in [2.24, 2.45) is 5.10 Å². The number of nitrogens with one attached hydrogen (secondary N) is 1. The molecule has 10 heteroatoms. The highest BCUT2D eigenvalue weighted by Crippen LogP contribution is 2.42. The lowest BCUT2D eigenvalue weighted by Crippen LogP contribution is -2.55. The number of urea groups is 1. The summed E-state index contributed by atoms with van der Waals surface area (Å²) in [5.74, 6) is 0.0636. The summed E-state index contributed by atoms with van der Waals surface area (Å²) in [6.45, 7) is 6.25. The summed E-state index contributed by atoms with van der Waals surface area (Å²) in [5, 5.41) is 29.6. The minimum absolute atomic E-state index is 0.0636. The van der Waals surface area contributed by atoms with Crippen LogP contribution in [-0.4, -0.2) is 54.4 Å². The topological polar surface area (TPSA) is 88.4 Å². The third-order valence-corrected chi connectivity index (χ3v) is 5.98. The van der Waals surface area contributed by atoms with E-state index in [2.05, 4.69) is 26.3 Å². The van der Waals surface area contributed by atoms with Crippen LogP contribution in [0.25, 0.3) is 0 Å². The molecule has 1 aromatic rings. The Balaban J connectivity index is 2.24. The zero-order chi connectivity index (χ0) is 20.2. The van der Waals surface area contributed by atoms with Gasteiger partial charge in [0.25, 0.3) is 0 Å². The molecular formula is C17H23BrN4O3S2. The van der Waals surface area contributed by atoms with Crippen molar-refractivity contribution in [3.63, 3.8) is 0 Å². The molecule has 2 rings (SSSR count). The zero-order valence-corrected chi connectivity index (χ0v) is 18.6. The minimum atomic E-state index is -0.790. The fraction of sp³-hybridized carbons (Fsp3) is 0.471. The van der Waals surface area contributed by atoms with Gasteiger partial charge in [0.05, 0.1) is 11.0 Å². The number of aromatic hydroxyl groups is 1. The second-order valence-corrected chi connectivity index (χ2v) is 9.77. The maximum absolute atomic E-state index is 12.3. The van der Waals surface area contributed by atoms with Crippen LogP contribution in [0.2, 0.25) is 0 Å². The zero-order valence-electron chi connectivity index (χ0n) is 15.3. The average molecular weight is 475 g/mol. The third kappa shape index (κ3) is 5.34. The lowest BCUT2D eigenvalue weighted by molar-refractivity contribution is -0.118. The molecule has 148 valence electrons. The van der Waals surface area contributed by atoms with Crippen molar-refractivity contribution in [1.29, 1.82) is 0 Å². The maximum Gasteiger partial charge on any atom is 0.343 e. The molecule has 27 heavy (non-hydrogen) atoms. The standard InChI is InChI=1S/C17H23BrN4O3S2/c1-4-5-8-19-15(24)22(25)14-17(2,3)27-16(26)21(14)20-10-11-9-12(18)6-7-13(11)23/h6-7,9-10,14,23,25H,4-5,8H2,1-3H3,(H,19,24)/b20-10-/t14-/m0/s1. The second kappa shape index (κ2) is 9.22. The molecule has 0 unspecified atom stereocenters. The first-order chi connectivity index (χ1) is 12.7. The van der Waals surface area contributed by atoms with Crippen LogP contribution in [0.5, 0.6) is 5.75 Å². The average Bonchev–Trinajstić information content (AvgIpc) is 2.83. The van der Waals surface area contributed by atoms with Gasteiger partial charge in [0.1, 0.15) is 5.75 Å². The first kappa shape index (κ1) is 21.9. The number of phenolic OH excluding ortho intramolecular Hbond substituents is 1. The largest absolute Gasteiger partial charge is 0.507 e.